The van der Waals surface area contributed by atoms with Gasteiger partial charge in [0.15, 0.2) is 0 Å². The summed E-state index contributed by atoms with van der Waals surface area (Å²) in [5.74, 6) is -5.01. The molecule has 1 aromatic rings. The Labute approximate surface area is 177 Å². The minimum atomic E-state index is -1.50. The van der Waals surface area contributed by atoms with Gasteiger partial charge in [0.05, 0.1) is 6.04 Å². The van der Waals surface area contributed by atoms with Crippen LogP contribution in [-0.4, -0.2) is 63.1 Å². The van der Waals surface area contributed by atoms with Gasteiger partial charge in [0.1, 0.15) is 17.8 Å². The molecule has 9 N–H and O–H groups in total. The number of benzene rings is 1. The van der Waals surface area contributed by atoms with Gasteiger partial charge in [-0.25, -0.2) is 4.79 Å². The summed E-state index contributed by atoms with van der Waals surface area (Å²) < 4.78 is 0. The number of carboxylic acids is 2. The summed E-state index contributed by atoms with van der Waals surface area (Å²) >= 11 is 0. The molecular weight excluding hydrogens is 412 g/mol. The molecule has 3 amide bonds. The molecule has 1 aromatic carbocycles. The number of nitrogens with two attached hydrogens (primary N) is 2. The maximum Gasteiger partial charge on any atom is 0.326 e. The van der Waals surface area contributed by atoms with Gasteiger partial charge in [-0.15, -0.1) is 0 Å². The third kappa shape index (κ3) is 9.58. The van der Waals surface area contributed by atoms with Crippen molar-refractivity contribution in [1.29, 1.82) is 0 Å². The third-order valence-electron chi connectivity index (χ3n) is 4.30. The first-order chi connectivity index (χ1) is 14.5. The van der Waals surface area contributed by atoms with Gasteiger partial charge in [0, 0.05) is 12.8 Å². The van der Waals surface area contributed by atoms with Crippen LogP contribution in [-0.2, 0) is 30.4 Å². The highest BCUT2D eigenvalue weighted by Gasteiger charge is 2.28. The second-order valence-corrected chi connectivity index (χ2v) is 6.88. The van der Waals surface area contributed by atoms with Crippen molar-refractivity contribution in [3.8, 4) is 5.75 Å². The van der Waals surface area contributed by atoms with E-state index >= 15 is 0 Å². The second-order valence-electron chi connectivity index (χ2n) is 6.88. The van der Waals surface area contributed by atoms with Crippen molar-refractivity contribution in [3.05, 3.63) is 29.8 Å². The van der Waals surface area contributed by atoms with Crippen LogP contribution < -0.4 is 22.1 Å². The number of phenols is 1. The number of rotatable bonds is 13. The number of aliphatic carboxylic acids is 2. The number of carbonyl (C=O) groups is 5. The van der Waals surface area contributed by atoms with E-state index in [1.165, 1.54) is 12.1 Å². The molecule has 1 rings (SSSR count). The van der Waals surface area contributed by atoms with Crippen molar-refractivity contribution < 1.29 is 39.3 Å². The van der Waals surface area contributed by atoms with E-state index in [2.05, 4.69) is 10.6 Å². The van der Waals surface area contributed by atoms with Gasteiger partial charge < -0.3 is 37.4 Å². The summed E-state index contributed by atoms with van der Waals surface area (Å²) in [7, 11) is 0. The van der Waals surface area contributed by atoms with Gasteiger partial charge >= 0.3 is 11.9 Å². The van der Waals surface area contributed by atoms with E-state index in [1.54, 1.807) is 12.1 Å². The molecule has 0 bridgehead atoms. The van der Waals surface area contributed by atoms with E-state index in [0.29, 0.717) is 5.56 Å². The standard InChI is InChI=1S/C19H26N4O8/c20-12(9-10-1-3-11(24)4-2-10)17(28)22-13(5-7-15(21)25)18(29)23-14(19(30)31)6-8-16(26)27/h1-4,12-14,24H,5-9,20H2,(H2,21,25)(H,22,28)(H,23,29)(H,26,27)(H,30,31). The summed E-state index contributed by atoms with van der Waals surface area (Å²) in [6, 6.07) is 2.10. The molecule has 3 unspecified atom stereocenters. The molecule has 170 valence electrons. The molecule has 0 aromatic heterocycles. The first-order valence-electron chi connectivity index (χ1n) is 9.36. The van der Waals surface area contributed by atoms with Crippen LogP contribution in [0.1, 0.15) is 31.2 Å². The summed E-state index contributed by atoms with van der Waals surface area (Å²) in [4.78, 5) is 58.0. The molecule has 0 spiro atoms. The quantitative estimate of drug-likeness (QED) is 0.189. The largest absolute Gasteiger partial charge is 0.508 e. The number of aromatic hydroxyl groups is 1. The number of carboxylic acid groups (broad SMARTS) is 2. The number of carbonyl (C=O) groups excluding carboxylic acids is 3. The summed E-state index contributed by atoms with van der Waals surface area (Å²) in [5, 5.41) is 31.7. The Morgan fingerprint density at radius 3 is 1.94 bits per heavy atom. The molecule has 12 heteroatoms. The number of phenolic OH excluding ortho intramolecular Hbond substituents is 1. The molecule has 0 fully saturated rings. The van der Waals surface area contributed by atoms with Gasteiger partial charge in [0.25, 0.3) is 0 Å². The molecule has 3 atom stereocenters. The number of hydrogen-bond acceptors (Lipinski definition) is 7. The van der Waals surface area contributed by atoms with Crippen LogP contribution in [0.15, 0.2) is 24.3 Å². The zero-order chi connectivity index (χ0) is 23.6. The van der Waals surface area contributed by atoms with Crippen LogP contribution in [0.4, 0.5) is 0 Å². The van der Waals surface area contributed by atoms with Crippen LogP contribution >= 0.6 is 0 Å². The molecule has 0 aliphatic rings. The topological polar surface area (TPSA) is 222 Å². The lowest BCUT2D eigenvalue weighted by atomic mass is 10.0. The van der Waals surface area contributed by atoms with Crippen molar-refractivity contribution in [1.82, 2.24) is 10.6 Å². The van der Waals surface area contributed by atoms with Crippen LogP contribution in [0.3, 0.4) is 0 Å². The highest BCUT2D eigenvalue weighted by molar-refractivity contribution is 5.92. The van der Waals surface area contributed by atoms with Gasteiger partial charge in [0.2, 0.25) is 17.7 Å². The van der Waals surface area contributed by atoms with Crippen molar-refractivity contribution >= 4 is 29.7 Å². The van der Waals surface area contributed by atoms with E-state index in [-0.39, 0.29) is 31.4 Å². The fourth-order valence-corrected chi connectivity index (χ4v) is 2.61. The molecule has 0 heterocycles. The molecule has 12 nitrogen and oxygen atoms in total. The third-order valence-corrected chi connectivity index (χ3v) is 4.30. The van der Waals surface area contributed by atoms with E-state index in [9.17, 15) is 34.2 Å². The van der Waals surface area contributed by atoms with Crippen LogP contribution in [0, 0.1) is 0 Å². The van der Waals surface area contributed by atoms with Crippen molar-refractivity contribution in [3.63, 3.8) is 0 Å². The highest BCUT2D eigenvalue weighted by atomic mass is 16.4. The Bertz CT molecular complexity index is 812. The number of amides is 3. The Balaban J connectivity index is 2.82. The second kappa shape index (κ2) is 12.1. The Kier molecular flexibility index (Phi) is 9.92. The minimum Gasteiger partial charge on any atom is -0.508 e. The zero-order valence-electron chi connectivity index (χ0n) is 16.6. The van der Waals surface area contributed by atoms with Crippen molar-refractivity contribution in [2.75, 3.05) is 0 Å². The Hall–Kier alpha value is -3.67. The smallest absolute Gasteiger partial charge is 0.326 e. The normalized spacial score (nSPS) is 13.5. The molecule has 31 heavy (non-hydrogen) atoms. The van der Waals surface area contributed by atoms with Crippen molar-refractivity contribution in [2.45, 2.75) is 50.2 Å². The SMILES string of the molecule is NC(=O)CCC(NC(=O)C(N)Cc1ccc(O)cc1)C(=O)NC(CCC(=O)O)C(=O)O. The average molecular weight is 438 g/mol. The number of nitrogens with one attached hydrogen (secondary N) is 2. The highest BCUT2D eigenvalue weighted by Crippen LogP contribution is 2.11. The lowest BCUT2D eigenvalue weighted by Crippen LogP contribution is -2.55. The monoisotopic (exact) mass is 438 g/mol. The van der Waals surface area contributed by atoms with Crippen LogP contribution in [0.2, 0.25) is 0 Å². The summed E-state index contributed by atoms with van der Waals surface area (Å²) in [6.45, 7) is 0. The fourth-order valence-electron chi connectivity index (χ4n) is 2.61. The molecule has 0 aliphatic heterocycles. The Morgan fingerprint density at radius 2 is 1.42 bits per heavy atom. The van der Waals surface area contributed by atoms with E-state index in [4.69, 9.17) is 16.6 Å². The first-order valence-corrected chi connectivity index (χ1v) is 9.36. The summed E-state index contributed by atoms with van der Waals surface area (Å²) in [5.41, 5.74) is 11.6. The first kappa shape index (κ1) is 25.4. The minimum absolute atomic E-state index is 0.0424. The van der Waals surface area contributed by atoms with Gasteiger partial charge in [-0.3, -0.25) is 19.2 Å². The number of hydrogen-bond donors (Lipinski definition) is 7. The van der Waals surface area contributed by atoms with Gasteiger partial charge in [-0.1, -0.05) is 12.1 Å². The van der Waals surface area contributed by atoms with Crippen LogP contribution in [0.25, 0.3) is 0 Å². The maximum atomic E-state index is 12.5. The predicted octanol–water partition coefficient (Wildman–Crippen LogP) is -1.55. The van der Waals surface area contributed by atoms with E-state index in [1.807, 2.05) is 0 Å². The lowest BCUT2D eigenvalue weighted by molar-refractivity contribution is -0.143. The fraction of sp³-hybridized carbons (Fsp3) is 0.421. The Morgan fingerprint density at radius 1 is 0.871 bits per heavy atom. The molecule has 0 saturated carbocycles. The van der Waals surface area contributed by atoms with Crippen LogP contribution in [0.5, 0.6) is 5.75 Å². The average Bonchev–Trinajstić information content (AvgIpc) is 2.68. The maximum absolute atomic E-state index is 12.5. The molecular formula is C19H26N4O8. The zero-order valence-corrected chi connectivity index (χ0v) is 16.6. The van der Waals surface area contributed by atoms with E-state index < -0.39 is 54.2 Å². The predicted molar refractivity (Wildman–Crippen MR) is 107 cm³/mol. The molecule has 0 saturated heterocycles. The van der Waals surface area contributed by atoms with Gasteiger partial charge in [-0.05, 0) is 37.0 Å². The molecule has 0 aliphatic carbocycles. The lowest BCUT2D eigenvalue weighted by Gasteiger charge is -2.22. The van der Waals surface area contributed by atoms with Crippen molar-refractivity contribution in [2.24, 2.45) is 11.5 Å². The molecule has 0 radical (unpaired) electrons. The van der Waals surface area contributed by atoms with Gasteiger partial charge in [-0.2, -0.15) is 0 Å². The van der Waals surface area contributed by atoms with E-state index in [0.717, 1.165) is 0 Å². The number of primary amides is 1. The summed E-state index contributed by atoms with van der Waals surface area (Å²) in [6.07, 6.45) is -1.24.